The van der Waals surface area contributed by atoms with E-state index >= 15 is 0 Å². The Labute approximate surface area is 103 Å². The molecule has 0 aliphatic carbocycles. The normalized spacial score (nSPS) is 23.9. The molecule has 1 N–H and O–H groups in total. The quantitative estimate of drug-likeness (QED) is 0.815. The molecule has 17 heavy (non-hydrogen) atoms. The summed E-state index contributed by atoms with van der Waals surface area (Å²) in [5, 5.41) is 3.31. The lowest BCUT2D eigenvalue weighted by Gasteiger charge is -2.32. The van der Waals surface area contributed by atoms with Gasteiger partial charge in [0.1, 0.15) is 0 Å². The van der Waals surface area contributed by atoms with E-state index in [-0.39, 0.29) is 18.5 Å². The summed E-state index contributed by atoms with van der Waals surface area (Å²) in [6.07, 6.45) is 4.62. The number of piperidine rings is 2. The van der Waals surface area contributed by atoms with Gasteiger partial charge in [0.25, 0.3) is 0 Å². The number of carbonyl (C=O) groups is 1. The lowest BCUT2D eigenvalue weighted by molar-refractivity contribution is -0.133. The SMILES string of the molecule is O=C(CC1CCNCC1)N1CCC(CF)CC1. The van der Waals surface area contributed by atoms with E-state index in [1.165, 1.54) is 0 Å². The summed E-state index contributed by atoms with van der Waals surface area (Å²) in [5.41, 5.74) is 0. The summed E-state index contributed by atoms with van der Waals surface area (Å²) in [6, 6.07) is 0. The van der Waals surface area contributed by atoms with E-state index in [1.807, 2.05) is 4.90 Å². The number of amides is 1. The molecule has 2 heterocycles. The van der Waals surface area contributed by atoms with Crippen molar-refractivity contribution in [3.63, 3.8) is 0 Å². The van der Waals surface area contributed by atoms with Crippen LogP contribution in [0, 0.1) is 11.8 Å². The van der Waals surface area contributed by atoms with Crippen molar-refractivity contribution in [2.75, 3.05) is 32.9 Å². The van der Waals surface area contributed by atoms with Gasteiger partial charge in [0.2, 0.25) is 5.91 Å². The Bertz CT molecular complexity index is 246. The van der Waals surface area contributed by atoms with Crippen molar-refractivity contribution in [2.45, 2.75) is 32.1 Å². The Kier molecular flexibility index (Phi) is 4.77. The molecule has 0 aromatic carbocycles. The van der Waals surface area contributed by atoms with Crippen LogP contribution < -0.4 is 5.32 Å². The number of alkyl halides is 1. The molecule has 3 nitrogen and oxygen atoms in total. The zero-order valence-electron chi connectivity index (χ0n) is 10.5. The molecule has 2 aliphatic heterocycles. The van der Waals surface area contributed by atoms with Gasteiger partial charge in [-0.3, -0.25) is 9.18 Å². The van der Waals surface area contributed by atoms with Crippen molar-refractivity contribution >= 4 is 5.91 Å². The Morgan fingerprint density at radius 1 is 1.12 bits per heavy atom. The smallest absolute Gasteiger partial charge is 0.222 e. The molecule has 98 valence electrons. The summed E-state index contributed by atoms with van der Waals surface area (Å²) >= 11 is 0. The van der Waals surface area contributed by atoms with Gasteiger partial charge in [-0.1, -0.05) is 0 Å². The number of hydrogen-bond donors (Lipinski definition) is 1. The first kappa shape index (κ1) is 12.8. The van der Waals surface area contributed by atoms with Crippen molar-refractivity contribution in [1.82, 2.24) is 10.2 Å². The van der Waals surface area contributed by atoms with E-state index in [0.29, 0.717) is 12.3 Å². The van der Waals surface area contributed by atoms with Crippen LogP contribution in [0.15, 0.2) is 0 Å². The van der Waals surface area contributed by atoms with Gasteiger partial charge in [-0.05, 0) is 50.6 Å². The molecule has 2 saturated heterocycles. The molecule has 1 amide bonds. The second-order valence-electron chi connectivity index (χ2n) is 5.38. The van der Waals surface area contributed by atoms with Crippen molar-refractivity contribution in [1.29, 1.82) is 0 Å². The van der Waals surface area contributed by atoms with Gasteiger partial charge < -0.3 is 10.2 Å². The molecule has 0 unspecified atom stereocenters. The zero-order chi connectivity index (χ0) is 12.1. The monoisotopic (exact) mass is 242 g/mol. The summed E-state index contributed by atoms with van der Waals surface area (Å²) in [5.74, 6) is 1.04. The molecular formula is C13H23FN2O. The Morgan fingerprint density at radius 2 is 1.76 bits per heavy atom. The highest BCUT2D eigenvalue weighted by atomic mass is 19.1. The second-order valence-corrected chi connectivity index (χ2v) is 5.38. The molecular weight excluding hydrogens is 219 g/mol. The van der Waals surface area contributed by atoms with E-state index in [9.17, 15) is 9.18 Å². The molecule has 0 spiro atoms. The molecule has 2 fully saturated rings. The van der Waals surface area contributed by atoms with Crippen LogP contribution in [-0.2, 0) is 4.79 Å². The van der Waals surface area contributed by atoms with Crippen LogP contribution in [0.1, 0.15) is 32.1 Å². The Morgan fingerprint density at radius 3 is 2.35 bits per heavy atom. The predicted molar refractivity (Wildman–Crippen MR) is 65.5 cm³/mol. The van der Waals surface area contributed by atoms with Gasteiger partial charge >= 0.3 is 0 Å². The third kappa shape index (κ3) is 3.66. The van der Waals surface area contributed by atoms with Crippen molar-refractivity contribution in [2.24, 2.45) is 11.8 Å². The average Bonchev–Trinajstić information content (AvgIpc) is 2.40. The maximum absolute atomic E-state index is 12.5. The van der Waals surface area contributed by atoms with Crippen LogP contribution in [0.3, 0.4) is 0 Å². The lowest BCUT2D eigenvalue weighted by atomic mass is 9.93. The van der Waals surface area contributed by atoms with Gasteiger partial charge in [-0.2, -0.15) is 0 Å². The fourth-order valence-electron chi connectivity index (χ4n) is 2.80. The summed E-state index contributed by atoms with van der Waals surface area (Å²) in [4.78, 5) is 14.0. The molecule has 0 aromatic rings. The number of halogens is 1. The molecule has 2 rings (SSSR count). The Balaban J connectivity index is 1.72. The molecule has 0 radical (unpaired) electrons. The van der Waals surface area contributed by atoms with E-state index in [4.69, 9.17) is 0 Å². The number of nitrogens with one attached hydrogen (secondary N) is 1. The minimum absolute atomic E-state index is 0.193. The van der Waals surface area contributed by atoms with E-state index in [2.05, 4.69) is 5.32 Å². The summed E-state index contributed by atoms with van der Waals surface area (Å²) < 4.78 is 12.5. The summed E-state index contributed by atoms with van der Waals surface area (Å²) in [6.45, 7) is 3.39. The molecule has 4 heteroatoms. The minimum Gasteiger partial charge on any atom is -0.343 e. The lowest BCUT2D eigenvalue weighted by Crippen LogP contribution is -2.40. The minimum atomic E-state index is -0.226. The largest absolute Gasteiger partial charge is 0.343 e. The van der Waals surface area contributed by atoms with Crippen LogP contribution in [0.4, 0.5) is 4.39 Å². The average molecular weight is 242 g/mol. The number of rotatable bonds is 3. The predicted octanol–water partition coefficient (Wildman–Crippen LogP) is 1.58. The highest BCUT2D eigenvalue weighted by Crippen LogP contribution is 2.21. The highest BCUT2D eigenvalue weighted by Gasteiger charge is 2.25. The molecule has 0 aromatic heterocycles. The first-order chi connectivity index (χ1) is 8.29. The number of carbonyl (C=O) groups excluding carboxylic acids is 1. The topological polar surface area (TPSA) is 32.3 Å². The number of hydrogen-bond acceptors (Lipinski definition) is 2. The van der Waals surface area contributed by atoms with Crippen LogP contribution in [0.2, 0.25) is 0 Å². The van der Waals surface area contributed by atoms with Gasteiger partial charge in [-0.25, -0.2) is 0 Å². The second kappa shape index (κ2) is 6.34. The van der Waals surface area contributed by atoms with Gasteiger partial charge in [0.15, 0.2) is 0 Å². The standard InChI is InChI=1S/C13H23FN2O/c14-10-12-3-7-16(8-4-12)13(17)9-11-1-5-15-6-2-11/h11-12,15H,1-10H2. The van der Waals surface area contributed by atoms with Crippen molar-refractivity contribution in [3.8, 4) is 0 Å². The van der Waals surface area contributed by atoms with Crippen molar-refractivity contribution in [3.05, 3.63) is 0 Å². The fourth-order valence-corrected chi connectivity index (χ4v) is 2.80. The van der Waals surface area contributed by atoms with E-state index in [1.54, 1.807) is 0 Å². The van der Waals surface area contributed by atoms with E-state index in [0.717, 1.165) is 51.9 Å². The third-order valence-corrected chi connectivity index (χ3v) is 4.11. The Hall–Kier alpha value is -0.640. The van der Waals surface area contributed by atoms with Gasteiger partial charge in [-0.15, -0.1) is 0 Å². The van der Waals surface area contributed by atoms with Gasteiger partial charge in [0, 0.05) is 19.5 Å². The van der Waals surface area contributed by atoms with Crippen LogP contribution >= 0.6 is 0 Å². The molecule has 2 aliphatic rings. The third-order valence-electron chi connectivity index (χ3n) is 4.11. The maximum Gasteiger partial charge on any atom is 0.222 e. The molecule has 0 bridgehead atoms. The van der Waals surface area contributed by atoms with Crippen molar-refractivity contribution < 1.29 is 9.18 Å². The van der Waals surface area contributed by atoms with Gasteiger partial charge in [0.05, 0.1) is 6.67 Å². The van der Waals surface area contributed by atoms with Crippen LogP contribution in [0.25, 0.3) is 0 Å². The molecule has 0 saturated carbocycles. The van der Waals surface area contributed by atoms with E-state index < -0.39 is 0 Å². The van der Waals surface area contributed by atoms with Crippen LogP contribution in [-0.4, -0.2) is 43.7 Å². The first-order valence-corrected chi connectivity index (χ1v) is 6.84. The summed E-state index contributed by atoms with van der Waals surface area (Å²) in [7, 11) is 0. The zero-order valence-corrected chi connectivity index (χ0v) is 10.5. The fraction of sp³-hybridized carbons (Fsp3) is 0.923. The number of nitrogens with zero attached hydrogens (tertiary/aromatic N) is 1. The first-order valence-electron chi connectivity index (χ1n) is 6.84. The maximum atomic E-state index is 12.5. The number of likely N-dealkylation sites (tertiary alicyclic amines) is 1. The highest BCUT2D eigenvalue weighted by molar-refractivity contribution is 5.76. The van der Waals surface area contributed by atoms with Crippen LogP contribution in [0.5, 0.6) is 0 Å². The molecule has 0 atom stereocenters.